The molecule has 128 valence electrons. The highest BCUT2D eigenvalue weighted by Crippen LogP contribution is 2.51. The number of benzene rings is 2. The highest BCUT2D eigenvalue weighted by atomic mass is 79.9. The molecule has 2 N–H and O–H groups in total. The SMILES string of the molecule is COc1ccc(Br)cc1[C@H]1Nc2ccc(C(=O)O)cc2C2C=CCC21. The van der Waals surface area contributed by atoms with Crippen LogP contribution < -0.4 is 10.1 Å². The molecule has 0 radical (unpaired) electrons. The predicted octanol–water partition coefficient (Wildman–Crippen LogP) is 4.98. The number of ether oxygens (including phenoxy) is 1. The number of carbonyl (C=O) groups is 1. The van der Waals surface area contributed by atoms with Gasteiger partial charge in [0.05, 0.1) is 18.7 Å². The molecule has 4 rings (SSSR count). The number of hydrogen-bond acceptors (Lipinski definition) is 3. The van der Waals surface area contributed by atoms with Crippen LogP contribution in [0.4, 0.5) is 5.69 Å². The zero-order valence-corrected chi connectivity index (χ0v) is 15.3. The maximum Gasteiger partial charge on any atom is 0.335 e. The molecule has 2 unspecified atom stereocenters. The standard InChI is InChI=1S/C20H18BrNO3/c1-25-18-8-6-12(21)10-16(18)19-14-4-2-3-13(14)15-9-11(20(23)24)5-7-17(15)22-19/h2-3,5-10,13-14,19,22H,4H2,1H3,(H,23,24)/t13?,14?,19-/m0/s1. The first kappa shape index (κ1) is 16.2. The number of anilines is 1. The maximum atomic E-state index is 11.3. The number of carboxylic acid groups (broad SMARTS) is 1. The number of nitrogens with one attached hydrogen (secondary N) is 1. The van der Waals surface area contributed by atoms with Crippen LogP contribution in [0, 0.1) is 5.92 Å². The molecule has 0 saturated carbocycles. The van der Waals surface area contributed by atoms with E-state index in [0.717, 1.165) is 33.5 Å². The van der Waals surface area contributed by atoms with Crippen molar-refractivity contribution >= 4 is 27.6 Å². The number of aromatic carboxylic acids is 1. The van der Waals surface area contributed by atoms with E-state index in [-0.39, 0.29) is 12.0 Å². The summed E-state index contributed by atoms with van der Waals surface area (Å²) in [5.41, 5.74) is 3.50. The van der Waals surface area contributed by atoms with E-state index < -0.39 is 5.97 Å². The monoisotopic (exact) mass is 399 g/mol. The van der Waals surface area contributed by atoms with Gasteiger partial charge in [0.15, 0.2) is 0 Å². The average molecular weight is 400 g/mol. The van der Waals surface area contributed by atoms with Crippen molar-refractivity contribution in [1.29, 1.82) is 0 Å². The van der Waals surface area contributed by atoms with Crippen molar-refractivity contribution in [2.45, 2.75) is 18.4 Å². The highest BCUT2D eigenvalue weighted by molar-refractivity contribution is 9.10. The number of halogens is 1. The third-order valence-electron chi connectivity index (χ3n) is 5.14. The second kappa shape index (κ2) is 6.23. The Morgan fingerprint density at radius 1 is 1.24 bits per heavy atom. The summed E-state index contributed by atoms with van der Waals surface area (Å²) in [6.45, 7) is 0. The zero-order valence-electron chi connectivity index (χ0n) is 13.7. The van der Waals surface area contributed by atoms with Crippen molar-refractivity contribution in [2.24, 2.45) is 5.92 Å². The van der Waals surface area contributed by atoms with Crippen molar-refractivity contribution in [2.75, 3.05) is 12.4 Å². The first-order chi connectivity index (χ1) is 12.1. The van der Waals surface area contributed by atoms with Crippen LogP contribution in [-0.2, 0) is 0 Å². The Kier molecular flexibility index (Phi) is 4.04. The molecule has 25 heavy (non-hydrogen) atoms. The molecule has 2 aromatic carbocycles. The number of methoxy groups -OCH3 is 1. The molecule has 0 aromatic heterocycles. The van der Waals surface area contributed by atoms with Crippen molar-refractivity contribution in [3.05, 3.63) is 69.7 Å². The van der Waals surface area contributed by atoms with Gasteiger partial charge < -0.3 is 15.2 Å². The average Bonchev–Trinajstić information content (AvgIpc) is 3.10. The molecular weight excluding hydrogens is 382 g/mol. The summed E-state index contributed by atoms with van der Waals surface area (Å²) in [6.07, 6.45) is 5.35. The number of allylic oxidation sites excluding steroid dienone is 2. The molecule has 1 aliphatic carbocycles. The maximum absolute atomic E-state index is 11.3. The summed E-state index contributed by atoms with van der Waals surface area (Å²) >= 11 is 3.56. The lowest BCUT2D eigenvalue weighted by Crippen LogP contribution is -2.29. The summed E-state index contributed by atoms with van der Waals surface area (Å²) in [6, 6.07) is 11.5. The van der Waals surface area contributed by atoms with E-state index in [1.807, 2.05) is 18.2 Å². The van der Waals surface area contributed by atoms with Gasteiger partial charge in [0.25, 0.3) is 0 Å². The summed E-state index contributed by atoms with van der Waals surface area (Å²) in [5, 5.41) is 12.9. The lowest BCUT2D eigenvalue weighted by Gasteiger charge is -2.38. The van der Waals surface area contributed by atoms with Crippen LogP contribution >= 0.6 is 15.9 Å². The van der Waals surface area contributed by atoms with Crippen LogP contribution in [0.3, 0.4) is 0 Å². The number of fused-ring (bicyclic) bond motifs is 3. The Balaban J connectivity index is 1.81. The van der Waals surface area contributed by atoms with Gasteiger partial charge in [0.1, 0.15) is 5.75 Å². The summed E-state index contributed by atoms with van der Waals surface area (Å²) in [5.74, 6) is 0.512. The Bertz CT molecular complexity index is 877. The van der Waals surface area contributed by atoms with Gasteiger partial charge in [-0.2, -0.15) is 0 Å². The smallest absolute Gasteiger partial charge is 0.335 e. The van der Waals surface area contributed by atoms with Gasteiger partial charge in [-0.1, -0.05) is 28.1 Å². The first-order valence-corrected chi connectivity index (χ1v) is 9.01. The summed E-state index contributed by atoms with van der Waals surface area (Å²) in [7, 11) is 1.69. The molecule has 1 aliphatic heterocycles. The van der Waals surface area contributed by atoms with E-state index in [1.54, 1.807) is 19.2 Å². The summed E-state index contributed by atoms with van der Waals surface area (Å²) in [4.78, 5) is 11.3. The Morgan fingerprint density at radius 2 is 2.08 bits per heavy atom. The van der Waals surface area contributed by atoms with Gasteiger partial charge in [-0.05, 0) is 54.3 Å². The third kappa shape index (κ3) is 2.72. The minimum absolute atomic E-state index is 0.107. The van der Waals surface area contributed by atoms with E-state index in [0.29, 0.717) is 11.5 Å². The van der Waals surface area contributed by atoms with E-state index >= 15 is 0 Å². The zero-order chi connectivity index (χ0) is 17.6. The fourth-order valence-electron chi connectivity index (χ4n) is 3.98. The quantitative estimate of drug-likeness (QED) is 0.714. The molecule has 4 nitrogen and oxygen atoms in total. The van der Waals surface area contributed by atoms with Crippen LogP contribution in [0.25, 0.3) is 0 Å². The summed E-state index contributed by atoms with van der Waals surface area (Å²) < 4.78 is 6.60. The predicted molar refractivity (Wildman–Crippen MR) is 100 cm³/mol. The van der Waals surface area contributed by atoms with Crippen molar-refractivity contribution in [1.82, 2.24) is 0 Å². The number of hydrogen-bond donors (Lipinski definition) is 2. The van der Waals surface area contributed by atoms with Crippen LogP contribution in [0.1, 0.15) is 39.9 Å². The van der Waals surface area contributed by atoms with Crippen LogP contribution in [0.5, 0.6) is 5.75 Å². The third-order valence-corrected chi connectivity index (χ3v) is 5.63. The van der Waals surface area contributed by atoms with Gasteiger partial charge in [-0.25, -0.2) is 4.79 Å². The lowest BCUT2D eigenvalue weighted by atomic mass is 9.76. The van der Waals surface area contributed by atoms with Crippen molar-refractivity contribution < 1.29 is 14.6 Å². The molecule has 2 aliphatic rings. The molecule has 0 amide bonds. The molecule has 5 heteroatoms. The topological polar surface area (TPSA) is 58.6 Å². The van der Waals surface area contributed by atoms with Gasteiger partial charge in [0.2, 0.25) is 0 Å². The largest absolute Gasteiger partial charge is 0.496 e. The van der Waals surface area contributed by atoms with E-state index in [4.69, 9.17) is 4.74 Å². The molecular formula is C20H18BrNO3. The molecule has 0 bridgehead atoms. The Hall–Kier alpha value is -2.27. The molecule has 0 fully saturated rings. The fourth-order valence-corrected chi connectivity index (χ4v) is 4.36. The second-order valence-corrected chi connectivity index (χ2v) is 7.38. The minimum atomic E-state index is -0.892. The number of carboxylic acids is 1. The molecule has 2 aromatic rings. The van der Waals surface area contributed by atoms with Gasteiger partial charge in [-0.15, -0.1) is 0 Å². The number of rotatable bonds is 3. The van der Waals surface area contributed by atoms with E-state index in [9.17, 15) is 9.90 Å². The van der Waals surface area contributed by atoms with Gasteiger partial charge in [0, 0.05) is 21.6 Å². The van der Waals surface area contributed by atoms with Gasteiger partial charge >= 0.3 is 5.97 Å². The van der Waals surface area contributed by atoms with Gasteiger partial charge in [-0.3, -0.25) is 0 Å². The molecule has 3 atom stereocenters. The first-order valence-electron chi connectivity index (χ1n) is 8.22. The fraction of sp³-hybridized carbons (Fsp3) is 0.250. The van der Waals surface area contributed by atoms with Crippen LogP contribution in [0.15, 0.2) is 53.0 Å². The van der Waals surface area contributed by atoms with E-state index in [1.165, 1.54) is 0 Å². The van der Waals surface area contributed by atoms with Crippen LogP contribution in [0.2, 0.25) is 0 Å². The molecule has 1 heterocycles. The van der Waals surface area contributed by atoms with E-state index in [2.05, 4.69) is 39.5 Å². The molecule has 0 saturated heterocycles. The highest BCUT2D eigenvalue weighted by Gasteiger charge is 2.39. The van der Waals surface area contributed by atoms with Crippen LogP contribution in [-0.4, -0.2) is 18.2 Å². The molecule has 0 spiro atoms. The van der Waals surface area contributed by atoms with Crippen molar-refractivity contribution in [3.63, 3.8) is 0 Å². The Morgan fingerprint density at radius 3 is 2.84 bits per heavy atom. The van der Waals surface area contributed by atoms with Crippen molar-refractivity contribution in [3.8, 4) is 5.75 Å². The lowest BCUT2D eigenvalue weighted by molar-refractivity contribution is 0.0696. The Labute approximate surface area is 154 Å². The second-order valence-electron chi connectivity index (χ2n) is 6.47. The minimum Gasteiger partial charge on any atom is -0.496 e. The normalized spacial score (nSPS) is 23.5.